The number of hydrogen-bond acceptors (Lipinski definition) is 6. The first kappa shape index (κ1) is 29.6. The molecule has 0 unspecified atom stereocenters. The van der Waals surface area contributed by atoms with Gasteiger partial charge in [-0.05, 0) is 64.8 Å². The van der Waals surface area contributed by atoms with Gasteiger partial charge in [0, 0.05) is 12.1 Å². The zero-order valence-corrected chi connectivity index (χ0v) is 22.4. The predicted octanol–water partition coefficient (Wildman–Crippen LogP) is -0.372. The Balaban J connectivity index is 0.000000211. The molecular weight excluding hydrogens is 488 g/mol. The van der Waals surface area contributed by atoms with Crippen molar-refractivity contribution < 1.29 is 29.8 Å². The van der Waals surface area contributed by atoms with E-state index in [2.05, 4.69) is 9.97 Å². The maximum absolute atomic E-state index is 12.1. The minimum absolute atomic E-state index is 0.0989. The summed E-state index contributed by atoms with van der Waals surface area (Å²) in [7, 11) is 0. The van der Waals surface area contributed by atoms with Crippen LogP contribution in [0.25, 0.3) is 11.3 Å². The Labute approximate surface area is 219 Å². The number of nitrogens with one attached hydrogen (secondary N) is 2. The Morgan fingerprint density at radius 3 is 1.34 bits per heavy atom. The van der Waals surface area contributed by atoms with Crippen LogP contribution >= 0.6 is 0 Å². The Bertz CT molecular complexity index is 1510. The quantitative estimate of drug-likeness (QED) is 0.335. The molecule has 10 heteroatoms. The normalized spacial score (nSPS) is 10.6. The minimum atomic E-state index is -1.55. The number of aliphatic carboxylic acids is 2. The van der Waals surface area contributed by atoms with Crippen LogP contribution in [-0.2, 0) is 22.4 Å². The van der Waals surface area contributed by atoms with Gasteiger partial charge < -0.3 is 19.8 Å². The van der Waals surface area contributed by atoms with Gasteiger partial charge in [-0.2, -0.15) is 8.80 Å². The molecule has 0 saturated carbocycles. The average Bonchev–Trinajstić information content (AvgIpc) is 2.84. The molecule has 10 nitrogen and oxygen atoms in total. The van der Waals surface area contributed by atoms with E-state index >= 15 is 0 Å². The standard InChI is InChI=1S/2C12H14N2O.C4H4O4/c2*1-4-10-9(3)13-11-7-5-6-8(2)14(11)12(10)15;5-3(6)1-2-4(7)8/h2*5-7H,4H2,1-3H3;1-2H,(H,5,6)(H,7,8)/b;;2-1+. The lowest BCUT2D eigenvalue weighted by Crippen LogP contribution is -2.29. The fourth-order valence-electron chi connectivity index (χ4n) is 4.06. The number of fused-ring (bicyclic) bond motifs is 2. The van der Waals surface area contributed by atoms with Crippen LogP contribution in [0.1, 0.15) is 47.8 Å². The molecule has 0 aliphatic carbocycles. The molecule has 4 aromatic rings. The Morgan fingerprint density at radius 1 is 0.711 bits per heavy atom. The van der Waals surface area contributed by atoms with E-state index < -0.39 is 11.9 Å². The fourth-order valence-corrected chi connectivity index (χ4v) is 4.06. The zero-order chi connectivity index (χ0) is 28.6. The van der Waals surface area contributed by atoms with Gasteiger partial charge in [0.25, 0.3) is 11.3 Å². The first-order valence-electron chi connectivity index (χ1n) is 12.1. The molecule has 0 atom stereocenters. The Morgan fingerprint density at radius 2 is 1.05 bits per heavy atom. The van der Waals surface area contributed by atoms with Gasteiger partial charge in [0.2, 0.25) is 0 Å². The number of carboxylic acid groups (broad SMARTS) is 2. The van der Waals surface area contributed by atoms with Crippen LogP contribution in [0.4, 0.5) is 0 Å². The molecule has 0 fully saturated rings. The monoisotopic (exact) mass is 520 g/mol. The maximum atomic E-state index is 12.1. The summed E-state index contributed by atoms with van der Waals surface area (Å²) < 4.78 is 3.46. The number of aromatic amines is 2. The van der Waals surface area contributed by atoms with Crippen molar-refractivity contribution in [2.24, 2.45) is 0 Å². The second-order valence-electron chi connectivity index (χ2n) is 8.52. The van der Waals surface area contributed by atoms with Gasteiger partial charge in [0.1, 0.15) is 22.8 Å². The van der Waals surface area contributed by atoms with Gasteiger partial charge in [-0.25, -0.2) is 19.6 Å². The Hall–Kier alpha value is -4.60. The van der Waals surface area contributed by atoms with Gasteiger partial charge in [-0.3, -0.25) is 0 Å². The first-order valence-corrected chi connectivity index (χ1v) is 12.1. The van der Waals surface area contributed by atoms with Crippen molar-refractivity contribution in [1.82, 2.24) is 8.80 Å². The molecule has 0 bridgehead atoms. The summed E-state index contributed by atoms with van der Waals surface area (Å²) in [6.45, 7) is 11.8. The highest BCUT2D eigenvalue weighted by molar-refractivity contribution is 5.87. The molecule has 0 spiro atoms. The lowest BCUT2D eigenvalue weighted by molar-refractivity contribution is -0.362. The highest BCUT2D eigenvalue weighted by Gasteiger charge is 2.16. The van der Waals surface area contributed by atoms with Crippen LogP contribution in [0, 0.1) is 27.7 Å². The van der Waals surface area contributed by atoms with E-state index in [-0.39, 0.29) is 11.1 Å². The van der Waals surface area contributed by atoms with Gasteiger partial charge in [0.05, 0.1) is 23.1 Å². The SMILES string of the molecule is CCc1c(C)[nH+]c2cccc(C)n2c1=O.CCc1c(C)[nH+]c2cccc(C)n2c1=O.O=C([O-])/C=C/C(=O)[O-]. The van der Waals surface area contributed by atoms with Gasteiger partial charge >= 0.3 is 11.1 Å². The summed E-state index contributed by atoms with van der Waals surface area (Å²) in [5.41, 5.74) is 7.49. The molecule has 2 N–H and O–H groups in total. The van der Waals surface area contributed by atoms with E-state index in [0.717, 1.165) is 58.0 Å². The number of rotatable bonds is 4. The fraction of sp³-hybridized carbons (Fsp3) is 0.286. The zero-order valence-electron chi connectivity index (χ0n) is 22.4. The van der Waals surface area contributed by atoms with E-state index in [4.69, 9.17) is 0 Å². The molecule has 38 heavy (non-hydrogen) atoms. The summed E-state index contributed by atoms with van der Waals surface area (Å²) in [6, 6.07) is 11.6. The number of H-pyrrole nitrogens is 2. The largest absolute Gasteiger partial charge is 0.545 e. The lowest BCUT2D eigenvalue weighted by atomic mass is 10.2. The summed E-state index contributed by atoms with van der Waals surface area (Å²) in [6.07, 6.45) is 2.29. The Kier molecular flexibility index (Phi) is 10.2. The number of hydrogen-bond donors (Lipinski definition) is 0. The number of nitrogens with zero attached hydrogens (tertiary/aromatic N) is 2. The van der Waals surface area contributed by atoms with E-state index in [1.165, 1.54) is 0 Å². The number of pyridine rings is 2. The maximum Gasteiger partial charge on any atom is 0.345 e. The number of aromatic nitrogens is 4. The molecule has 4 rings (SSSR count). The molecule has 200 valence electrons. The highest BCUT2D eigenvalue weighted by Crippen LogP contribution is 2.04. The lowest BCUT2D eigenvalue weighted by Gasteiger charge is -2.01. The molecule has 0 radical (unpaired) electrons. The number of aryl methyl sites for hydroxylation is 4. The van der Waals surface area contributed by atoms with E-state index in [9.17, 15) is 29.4 Å². The van der Waals surface area contributed by atoms with Crippen molar-refractivity contribution >= 4 is 23.2 Å². The van der Waals surface area contributed by atoms with Crippen LogP contribution in [0.2, 0.25) is 0 Å². The topological polar surface area (TPSA) is 152 Å². The van der Waals surface area contributed by atoms with Crippen LogP contribution in [0.5, 0.6) is 0 Å². The van der Waals surface area contributed by atoms with Crippen molar-refractivity contribution in [2.75, 3.05) is 0 Å². The van der Waals surface area contributed by atoms with Crippen molar-refractivity contribution in [3.05, 3.63) is 103 Å². The van der Waals surface area contributed by atoms with Crippen LogP contribution < -0.4 is 31.3 Å². The molecule has 4 heterocycles. The third kappa shape index (κ3) is 7.00. The summed E-state index contributed by atoms with van der Waals surface area (Å²) in [5.74, 6) is -3.09. The van der Waals surface area contributed by atoms with E-state index in [1.807, 2.05) is 77.9 Å². The number of carbonyl (C=O) groups excluding carboxylic acids is 2. The van der Waals surface area contributed by atoms with Gasteiger partial charge in [0.15, 0.2) is 0 Å². The minimum Gasteiger partial charge on any atom is -0.545 e. The molecule has 0 saturated heterocycles. The van der Waals surface area contributed by atoms with Crippen LogP contribution in [0.15, 0.2) is 58.1 Å². The van der Waals surface area contributed by atoms with Crippen LogP contribution in [0.3, 0.4) is 0 Å². The van der Waals surface area contributed by atoms with Crippen molar-refractivity contribution in [3.63, 3.8) is 0 Å². The number of carbonyl (C=O) groups is 2. The molecule has 0 aliphatic rings. The third-order valence-corrected chi connectivity index (χ3v) is 5.89. The molecular formula is C28H32N4O6. The third-order valence-electron chi connectivity index (χ3n) is 5.89. The van der Waals surface area contributed by atoms with Gasteiger partial charge in [-0.15, -0.1) is 0 Å². The smallest absolute Gasteiger partial charge is 0.345 e. The van der Waals surface area contributed by atoms with E-state index in [0.29, 0.717) is 12.2 Å². The second-order valence-corrected chi connectivity index (χ2v) is 8.52. The van der Waals surface area contributed by atoms with Crippen molar-refractivity contribution in [3.8, 4) is 0 Å². The van der Waals surface area contributed by atoms with Crippen molar-refractivity contribution in [2.45, 2.75) is 54.4 Å². The van der Waals surface area contributed by atoms with Crippen molar-refractivity contribution in [1.29, 1.82) is 0 Å². The molecule has 0 aromatic carbocycles. The summed E-state index contributed by atoms with van der Waals surface area (Å²) in [4.78, 5) is 49.6. The predicted molar refractivity (Wildman–Crippen MR) is 137 cm³/mol. The number of carboxylic acids is 2. The van der Waals surface area contributed by atoms with E-state index in [1.54, 1.807) is 8.80 Å². The molecule has 0 aliphatic heterocycles. The summed E-state index contributed by atoms with van der Waals surface area (Å²) in [5, 5.41) is 18.8. The second kappa shape index (κ2) is 13.1. The average molecular weight is 521 g/mol. The first-order chi connectivity index (χ1) is 17.9. The van der Waals surface area contributed by atoms with Crippen LogP contribution in [-0.4, -0.2) is 20.7 Å². The molecule has 4 aromatic heterocycles. The molecule has 0 amide bonds. The van der Waals surface area contributed by atoms with Gasteiger partial charge in [-0.1, -0.05) is 26.0 Å². The summed E-state index contributed by atoms with van der Waals surface area (Å²) >= 11 is 0. The highest BCUT2D eigenvalue weighted by atomic mass is 16.4.